The van der Waals surface area contributed by atoms with E-state index in [0.717, 1.165) is 4.61 Å². The van der Waals surface area contributed by atoms with E-state index in [-0.39, 0.29) is 0 Å². The lowest BCUT2D eigenvalue weighted by atomic mass is 10.7. The highest BCUT2D eigenvalue weighted by Gasteiger charge is 2.36. The summed E-state index contributed by atoms with van der Waals surface area (Å²) in [5.41, 5.74) is 3.07. The van der Waals surface area contributed by atoms with Crippen LogP contribution in [0.3, 0.4) is 0 Å². The second kappa shape index (κ2) is 2.54. The number of hydrogen-bond donors (Lipinski definition) is 1. The Morgan fingerprint density at radius 3 is 2.64 bits per heavy atom. The van der Waals surface area contributed by atoms with Gasteiger partial charge in [-0.1, -0.05) is 11.6 Å². The fraction of sp³-hybridized carbons (Fsp3) is 0.667. The van der Waals surface area contributed by atoms with Gasteiger partial charge in [0.25, 0.3) is 0 Å². The van der Waals surface area contributed by atoms with E-state index in [0.29, 0.717) is 11.2 Å². The van der Waals surface area contributed by atoms with Crippen molar-refractivity contribution in [3.63, 3.8) is 0 Å². The lowest BCUT2D eigenvalue weighted by Crippen LogP contribution is -2.42. The van der Waals surface area contributed by atoms with Gasteiger partial charge in [-0.2, -0.15) is 0 Å². The first kappa shape index (κ1) is 7.71. The van der Waals surface area contributed by atoms with Crippen molar-refractivity contribution in [3.05, 3.63) is 9.76 Å². The monoisotopic (exact) mass is 237 g/mol. The average Bonchev–Trinajstić information content (AvgIpc) is 2.76. The van der Waals surface area contributed by atoms with E-state index in [9.17, 15) is 0 Å². The fourth-order valence-corrected chi connectivity index (χ4v) is 1.58. The van der Waals surface area contributed by atoms with Gasteiger partial charge in [0.05, 0.1) is 6.04 Å². The quantitative estimate of drug-likeness (QED) is 0.700. The molecule has 2 rings (SSSR count). The summed E-state index contributed by atoms with van der Waals surface area (Å²) in [4.78, 5) is 0. The van der Waals surface area contributed by atoms with Gasteiger partial charge in [0.15, 0.2) is 0 Å². The molecule has 1 N–H and O–H groups in total. The molecule has 0 radical (unpaired) electrons. The SMILES string of the molecule is CN1C(Br)=C(Cl)NN1C1CC1. The van der Waals surface area contributed by atoms with Gasteiger partial charge >= 0.3 is 0 Å². The van der Waals surface area contributed by atoms with Crippen LogP contribution in [0.4, 0.5) is 0 Å². The van der Waals surface area contributed by atoms with Crippen LogP contribution < -0.4 is 5.43 Å². The molecule has 1 fully saturated rings. The summed E-state index contributed by atoms with van der Waals surface area (Å²) in [5, 5.41) is 4.70. The van der Waals surface area contributed by atoms with Gasteiger partial charge in [-0.25, -0.2) is 0 Å². The second-order valence-corrected chi connectivity index (χ2v) is 3.95. The Labute approximate surface area is 79.0 Å². The summed E-state index contributed by atoms with van der Waals surface area (Å²) < 4.78 is 0.908. The summed E-state index contributed by atoms with van der Waals surface area (Å²) in [7, 11) is 1.98. The zero-order valence-electron chi connectivity index (χ0n) is 6.14. The van der Waals surface area contributed by atoms with Gasteiger partial charge in [0, 0.05) is 7.05 Å². The van der Waals surface area contributed by atoms with Crippen LogP contribution in [0.5, 0.6) is 0 Å². The molecule has 0 aromatic carbocycles. The highest BCUT2D eigenvalue weighted by Crippen LogP contribution is 2.34. The first-order valence-electron chi connectivity index (χ1n) is 3.55. The standard InChI is InChI=1S/C6H9BrClN3/c1-10-5(7)6(8)9-11(10)4-2-3-4/h4,9H,2-3H2,1H3. The molecule has 0 saturated heterocycles. The van der Waals surface area contributed by atoms with Crippen LogP contribution in [0.1, 0.15) is 12.8 Å². The Kier molecular flexibility index (Phi) is 1.78. The number of nitrogens with zero attached hydrogens (tertiary/aromatic N) is 2. The topological polar surface area (TPSA) is 18.5 Å². The van der Waals surface area contributed by atoms with Crippen LogP contribution in [0.15, 0.2) is 9.76 Å². The largest absolute Gasteiger partial charge is 0.289 e. The Morgan fingerprint density at radius 2 is 2.27 bits per heavy atom. The van der Waals surface area contributed by atoms with E-state index in [1.165, 1.54) is 12.8 Å². The molecule has 3 nitrogen and oxygen atoms in total. The highest BCUT2D eigenvalue weighted by molar-refractivity contribution is 9.11. The van der Waals surface area contributed by atoms with Gasteiger partial charge in [0.1, 0.15) is 9.76 Å². The number of hydrogen-bond acceptors (Lipinski definition) is 3. The van der Waals surface area contributed by atoms with Crippen LogP contribution in [-0.2, 0) is 0 Å². The fourth-order valence-electron chi connectivity index (χ4n) is 1.11. The normalized spacial score (nSPS) is 26.3. The van der Waals surface area contributed by atoms with E-state index in [2.05, 4.69) is 21.4 Å². The summed E-state index contributed by atoms with van der Waals surface area (Å²) in [6, 6.07) is 0.629. The van der Waals surface area contributed by atoms with Gasteiger partial charge < -0.3 is 0 Å². The molecule has 11 heavy (non-hydrogen) atoms. The van der Waals surface area contributed by atoms with Crippen LogP contribution in [0, 0.1) is 0 Å². The van der Waals surface area contributed by atoms with Crippen LogP contribution >= 0.6 is 27.5 Å². The zero-order chi connectivity index (χ0) is 8.01. The average molecular weight is 239 g/mol. The summed E-state index contributed by atoms with van der Waals surface area (Å²) in [5.74, 6) is 0. The molecule has 1 saturated carbocycles. The second-order valence-electron chi connectivity index (χ2n) is 2.82. The van der Waals surface area contributed by atoms with Crippen molar-refractivity contribution >= 4 is 27.5 Å². The third-order valence-corrected chi connectivity index (χ3v) is 3.30. The minimum absolute atomic E-state index is 0.629. The maximum absolute atomic E-state index is 5.86. The first-order valence-corrected chi connectivity index (χ1v) is 4.72. The summed E-state index contributed by atoms with van der Waals surface area (Å²) in [6.45, 7) is 0. The highest BCUT2D eigenvalue weighted by atomic mass is 79.9. The molecule has 0 spiro atoms. The van der Waals surface area contributed by atoms with Crippen LogP contribution in [0.25, 0.3) is 0 Å². The Bertz CT molecular complexity index is 214. The van der Waals surface area contributed by atoms with E-state index in [1.807, 2.05) is 17.2 Å². The summed E-state index contributed by atoms with van der Waals surface area (Å²) in [6.07, 6.45) is 2.50. The predicted molar refractivity (Wildman–Crippen MR) is 47.6 cm³/mol. The predicted octanol–water partition coefficient (Wildman–Crippen LogP) is 1.58. The lowest BCUT2D eigenvalue weighted by molar-refractivity contribution is 0.0178. The first-order chi connectivity index (χ1) is 5.20. The smallest absolute Gasteiger partial charge is 0.150 e. The summed E-state index contributed by atoms with van der Waals surface area (Å²) >= 11 is 9.24. The van der Waals surface area contributed by atoms with Gasteiger partial charge in [-0.05, 0) is 28.8 Å². The molecule has 0 aromatic rings. The van der Waals surface area contributed by atoms with Crippen LogP contribution in [-0.4, -0.2) is 23.2 Å². The third kappa shape index (κ3) is 1.23. The molecule has 0 amide bonds. The number of halogens is 2. The maximum Gasteiger partial charge on any atom is 0.150 e. The van der Waals surface area contributed by atoms with E-state index in [1.54, 1.807) is 0 Å². The maximum atomic E-state index is 5.86. The Hall–Kier alpha value is 0.0700. The minimum Gasteiger partial charge on any atom is -0.289 e. The molecule has 1 aliphatic heterocycles. The van der Waals surface area contributed by atoms with Crippen molar-refractivity contribution in [3.8, 4) is 0 Å². The molecule has 0 atom stereocenters. The van der Waals surface area contributed by atoms with Gasteiger partial charge in [0.2, 0.25) is 0 Å². The van der Waals surface area contributed by atoms with Crippen molar-refractivity contribution in [1.82, 2.24) is 15.6 Å². The van der Waals surface area contributed by atoms with Crippen molar-refractivity contribution in [1.29, 1.82) is 0 Å². The molecular formula is C6H9BrClN3. The van der Waals surface area contributed by atoms with Gasteiger partial charge in [-0.3, -0.25) is 10.4 Å². The molecule has 2 aliphatic rings. The number of hydrazine groups is 2. The molecule has 5 heteroatoms. The van der Waals surface area contributed by atoms with E-state index in [4.69, 9.17) is 11.6 Å². The molecule has 0 aromatic heterocycles. The van der Waals surface area contributed by atoms with Crippen molar-refractivity contribution in [2.24, 2.45) is 0 Å². The van der Waals surface area contributed by atoms with E-state index < -0.39 is 0 Å². The van der Waals surface area contributed by atoms with E-state index >= 15 is 0 Å². The van der Waals surface area contributed by atoms with Crippen molar-refractivity contribution < 1.29 is 0 Å². The molecule has 0 bridgehead atoms. The molecule has 1 heterocycles. The zero-order valence-corrected chi connectivity index (χ0v) is 8.48. The Balaban J connectivity index is 2.09. The Morgan fingerprint density at radius 1 is 1.64 bits per heavy atom. The lowest BCUT2D eigenvalue weighted by Gasteiger charge is -2.25. The van der Waals surface area contributed by atoms with Crippen LogP contribution in [0.2, 0.25) is 0 Å². The minimum atomic E-state index is 0.629. The number of rotatable bonds is 1. The molecule has 1 aliphatic carbocycles. The third-order valence-electron chi connectivity index (χ3n) is 1.89. The molecule has 62 valence electrons. The molecule has 0 unspecified atom stereocenters. The van der Waals surface area contributed by atoms with Crippen molar-refractivity contribution in [2.75, 3.05) is 7.05 Å². The number of nitrogens with one attached hydrogen (secondary N) is 1. The van der Waals surface area contributed by atoms with Crippen molar-refractivity contribution in [2.45, 2.75) is 18.9 Å². The molecular weight excluding hydrogens is 229 g/mol. The van der Waals surface area contributed by atoms with Gasteiger partial charge in [-0.15, -0.1) is 5.12 Å².